The maximum absolute atomic E-state index is 11.7. The van der Waals surface area contributed by atoms with Gasteiger partial charge in [-0.2, -0.15) is 16.4 Å². The first-order chi connectivity index (χ1) is 8.77. The molecule has 0 amide bonds. The number of aromatic nitrogens is 2. The lowest BCUT2D eigenvalue weighted by molar-refractivity contribution is 0.0520. The molecular formula is C12H13N3O2S. The van der Waals surface area contributed by atoms with Crippen LogP contribution in [-0.4, -0.2) is 29.3 Å². The van der Waals surface area contributed by atoms with Gasteiger partial charge in [-0.3, -0.25) is 0 Å². The average molecular weight is 263 g/mol. The molecule has 0 aromatic carbocycles. The molecule has 2 aromatic heterocycles. The van der Waals surface area contributed by atoms with Crippen LogP contribution in [0.15, 0.2) is 29.1 Å². The number of anilines is 1. The van der Waals surface area contributed by atoms with Crippen molar-refractivity contribution >= 4 is 23.1 Å². The second-order valence-corrected chi connectivity index (χ2v) is 4.38. The zero-order valence-corrected chi connectivity index (χ0v) is 10.7. The Hall–Kier alpha value is -1.95. The Balaban J connectivity index is 1.73. The van der Waals surface area contributed by atoms with Crippen molar-refractivity contribution in [3.05, 3.63) is 40.2 Å². The molecule has 0 fully saturated rings. The molecule has 2 heterocycles. The minimum Gasteiger partial charge on any atom is -0.460 e. The number of ether oxygens (including phenoxy) is 1. The third-order valence-electron chi connectivity index (χ3n) is 2.29. The SMILES string of the molecule is Cc1cscc1C(=O)OCCNc1cccnn1. The van der Waals surface area contributed by atoms with Gasteiger partial charge < -0.3 is 10.1 Å². The molecule has 0 saturated heterocycles. The lowest BCUT2D eigenvalue weighted by atomic mass is 10.2. The fourth-order valence-electron chi connectivity index (χ4n) is 1.37. The fourth-order valence-corrected chi connectivity index (χ4v) is 2.18. The van der Waals surface area contributed by atoms with Crippen LogP contribution < -0.4 is 5.32 Å². The van der Waals surface area contributed by atoms with Gasteiger partial charge in [0.1, 0.15) is 12.4 Å². The molecule has 0 spiro atoms. The highest BCUT2D eigenvalue weighted by Gasteiger charge is 2.10. The summed E-state index contributed by atoms with van der Waals surface area (Å²) in [4.78, 5) is 11.7. The molecule has 2 aromatic rings. The Morgan fingerprint density at radius 2 is 2.39 bits per heavy atom. The van der Waals surface area contributed by atoms with Gasteiger partial charge in [0.05, 0.1) is 12.1 Å². The van der Waals surface area contributed by atoms with E-state index in [1.165, 1.54) is 11.3 Å². The van der Waals surface area contributed by atoms with E-state index in [0.717, 1.165) is 5.56 Å². The Morgan fingerprint density at radius 1 is 1.50 bits per heavy atom. The number of hydrogen-bond acceptors (Lipinski definition) is 6. The van der Waals surface area contributed by atoms with Crippen LogP contribution in [0, 0.1) is 6.92 Å². The fraction of sp³-hybridized carbons (Fsp3) is 0.250. The first kappa shape index (κ1) is 12.5. The summed E-state index contributed by atoms with van der Waals surface area (Å²) in [6.07, 6.45) is 1.60. The van der Waals surface area contributed by atoms with Crippen LogP contribution in [0.25, 0.3) is 0 Å². The Labute approximate surface area is 109 Å². The van der Waals surface area contributed by atoms with E-state index in [2.05, 4.69) is 15.5 Å². The van der Waals surface area contributed by atoms with Crippen LogP contribution in [0.4, 0.5) is 5.82 Å². The highest BCUT2D eigenvalue weighted by Crippen LogP contribution is 2.14. The van der Waals surface area contributed by atoms with E-state index in [1.54, 1.807) is 23.7 Å². The van der Waals surface area contributed by atoms with Gasteiger partial charge in [-0.1, -0.05) is 0 Å². The topological polar surface area (TPSA) is 64.1 Å². The van der Waals surface area contributed by atoms with Crippen molar-refractivity contribution in [2.24, 2.45) is 0 Å². The third-order valence-corrected chi connectivity index (χ3v) is 3.15. The summed E-state index contributed by atoms with van der Waals surface area (Å²) < 4.78 is 5.15. The number of nitrogens with one attached hydrogen (secondary N) is 1. The predicted octanol–water partition coefficient (Wildman–Crippen LogP) is 2.12. The van der Waals surface area contributed by atoms with E-state index in [4.69, 9.17) is 4.74 Å². The molecule has 0 aliphatic carbocycles. The van der Waals surface area contributed by atoms with Crippen molar-refractivity contribution in [2.45, 2.75) is 6.92 Å². The molecule has 0 radical (unpaired) electrons. The number of nitrogens with zero attached hydrogens (tertiary/aromatic N) is 2. The molecule has 0 unspecified atom stereocenters. The van der Waals surface area contributed by atoms with Gasteiger partial charge in [-0.05, 0) is 30.0 Å². The van der Waals surface area contributed by atoms with Crippen LogP contribution in [0.2, 0.25) is 0 Å². The van der Waals surface area contributed by atoms with Crippen LogP contribution in [0.1, 0.15) is 15.9 Å². The number of thiophene rings is 1. The van der Waals surface area contributed by atoms with E-state index in [1.807, 2.05) is 12.3 Å². The van der Waals surface area contributed by atoms with Crippen molar-refractivity contribution < 1.29 is 9.53 Å². The van der Waals surface area contributed by atoms with Crippen molar-refractivity contribution in [3.63, 3.8) is 0 Å². The molecule has 0 atom stereocenters. The van der Waals surface area contributed by atoms with Crippen molar-refractivity contribution in [1.29, 1.82) is 0 Å². The van der Waals surface area contributed by atoms with Gasteiger partial charge in [0.25, 0.3) is 0 Å². The van der Waals surface area contributed by atoms with Gasteiger partial charge >= 0.3 is 5.97 Å². The van der Waals surface area contributed by atoms with Crippen LogP contribution in [0.3, 0.4) is 0 Å². The van der Waals surface area contributed by atoms with Gasteiger partial charge in [0, 0.05) is 11.6 Å². The van der Waals surface area contributed by atoms with Crippen LogP contribution in [-0.2, 0) is 4.74 Å². The summed E-state index contributed by atoms with van der Waals surface area (Å²) in [5, 5.41) is 14.3. The third kappa shape index (κ3) is 3.27. The van der Waals surface area contributed by atoms with Crippen molar-refractivity contribution in [3.8, 4) is 0 Å². The van der Waals surface area contributed by atoms with Crippen LogP contribution >= 0.6 is 11.3 Å². The number of aryl methyl sites for hydroxylation is 1. The van der Waals surface area contributed by atoms with Gasteiger partial charge in [-0.15, -0.1) is 5.10 Å². The number of carbonyl (C=O) groups excluding carboxylic acids is 1. The second kappa shape index (κ2) is 6.11. The lowest BCUT2D eigenvalue weighted by Crippen LogP contribution is -2.14. The number of hydrogen-bond donors (Lipinski definition) is 1. The predicted molar refractivity (Wildman–Crippen MR) is 69.9 cm³/mol. The average Bonchev–Trinajstić information content (AvgIpc) is 2.82. The van der Waals surface area contributed by atoms with Gasteiger partial charge in [-0.25, -0.2) is 4.79 Å². The standard InChI is InChI=1S/C12H13N3O2S/c1-9-7-18-8-10(9)12(16)17-6-5-13-11-3-2-4-14-15-11/h2-4,7-8H,5-6H2,1H3,(H,13,15). The van der Waals surface area contributed by atoms with Crippen molar-refractivity contribution in [2.75, 3.05) is 18.5 Å². The van der Waals surface area contributed by atoms with Gasteiger partial charge in [0.15, 0.2) is 0 Å². The molecule has 5 nitrogen and oxygen atoms in total. The molecule has 18 heavy (non-hydrogen) atoms. The Kier molecular flexibility index (Phi) is 4.25. The highest BCUT2D eigenvalue weighted by atomic mass is 32.1. The molecule has 6 heteroatoms. The molecule has 0 bridgehead atoms. The number of rotatable bonds is 5. The minimum atomic E-state index is -0.283. The Bertz CT molecular complexity index is 513. The lowest BCUT2D eigenvalue weighted by Gasteiger charge is -2.06. The maximum atomic E-state index is 11.7. The summed E-state index contributed by atoms with van der Waals surface area (Å²) in [5.41, 5.74) is 1.59. The number of carbonyl (C=O) groups is 1. The normalized spacial score (nSPS) is 10.1. The molecule has 0 aliphatic rings. The molecule has 0 aliphatic heterocycles. The highest BCUT2D eigenvalue weighted by molar-refractivity contribution is 7.08. The molecule has 2 rings (SSSR count). The quantitative estimate of drug-likeness (QED) is 0.661. The first-order valence-electron chi connectivity index (χ1n) is 5.49. The summed E-state index contributed by atoms with van der Waals surface area (Å²) in [6.45, 7) is 2.70. The second-order valence-electron chi connectivity index (χ2n) is 3.64. The zero-order chi connectivity index (χ0) is 12.8. The van der Waals surface area contributed by atoms with E-state index in [0.29, 0.717) is 24.5 Å². The smallest absolute Gasteiger partial charge is 0.339 e. The number of esters is 1. The largest absolute Gasteiger partial charge is 0.460 e. The van der Waals surface area contributed by atoms with Crippen molar-refractivity contribution in [1.82, 2.24) is 10.2 Å². The maximum Gasteiger partial charge on any atom is 0.339 e. The first-order valence-corrected chi connectivity index (χ1v) is 6.43. The monoisotopic (exact) mass is 263 g/mol. The van der Waals surface area contributed by atoms with E-state index >= 15 is 0 Å². The molecule has 94 valence electrons. The summed E-state index contributed by atoms with van der Waals surface area (Å²) >= 11 is 1.50. The zero-order valence-electron chi connectivity index (χ0n) is 9.92. The molecule has 0 saturated carbocycles. The van der Waals surface area contributed by atoms with E-state index in [-0.39, 0.29) is 5.97 Å². The molecule has 1 N–H and O–H groups in total. The Morgan fingerprint density at radius 3 is 3.06 bits per heavy atom. The summed E-state index contributed by atoms with van der Waals surface area (Å²) in [7, 11) is 0. The van der Waals surface area contributed by atoms with E-state index < -0.39 is 0 Å². The van der Waals surface area contributed by atoms with E-state index in [9.17, 15) is 4.79 Å². The van der Waals surface area contributed by atoms with Gasteiger partial charge in [0.2, 0.25) is 0 Å². The minimum absolute atomic E-state index is 0.283. The summed E-state index contributed by atoms with van der Waals surface area (Å²) in [6, 6.07) is 3.59. The molecular weight excluding hydrogens is 250 g/mol. The van der Waals surface area contributed by atoms with Crippen LogP contribution in [0.5, 0.6) is 0 Å². The summed E-state index contributed by atoms with van der Waals surface area (Å²) in [5.74, 6) is 0.384.